The highest BCUT2D eigenvalue weighted by atomic mass is 19.2. The Morgan fingerprint density at radius 1 is 1.12 bits per heavy atom. The summed E-state index contributed by atoms with van der Waals surface area (Å²) in [4.78, 5) is 24.7. The van der Waals surface area contributed by atoms with E-state index in [0.717, 1.165) is 31.4 Å². The van der Waals surface area contributed by atoms with Crippen molar-refractivity contribution in [2.45, 2.75) is 51.5 Å². The summed E-state index contributed by atoms with van der Waals surface area (Å²) in [6, 6.07) is 3.48. The summed E-state index contributed by atoms with van der Waals surface area (Å²) < 4.78 is 26.3. The Balaban J connectivity index is 1.97. The molecule has 1 N–H and O–H groups in total. The summed E-state index contributed by atoms with van der Waals surface area (Å²) in [7, 11) is 0. The standard InChI is InChI=1S/C18H23F2NO3/c19-15-7-5-14(11-16(15)20)12-21(10-9-18(23)24)17(22)8-6-13-3-1-2-4-13/h5,7,11,13H,1-4,6,8-10,12H2,(H,23,24). The SMILES string of the molecule is O=C(O)CCN(Cc1ccc(F)c(F)c1)C(=O)CCC1CCCC1. The van der Waals surface area contributed by atoms with Crippen molar-refractivity contribution < 1.29 is 23.5 Å². The lowest BCUT2D eigenvalue weighted by Crippen LogP contribution is -2.32. The number of rotatable bonds is 8. The third kappa shape index (κ3) is 5.58. The zero-order valence-corrected chi connectivity index (χ0v) is 13.6. The van der Waals surface area contributed by atoms with Crippen molar-refractivity contribution in [3.05, 3.63) is 35.4 Å². The van der Waals surface area contributed by atoms with Gasteiger partial charge in [0.1, 0.15) is 0 Å². The number of carboxylic acids is 1. The van der Waals surface area contributed by atoms with Gasteiger partial charge in [0.2, 0.25) is 5.91 Å². The van der Waals surface area contributed by atoms with E-state index < -0.39 is 17.6 Å². The summed E-state index contributed by atoms with van der Waals surface area (Å²) in [5.41, 5.74) is 0.452. The fourth-order valence-corrected chi connectivity index (χ4v) is 3.17. The number of amides is 1. The van der Waals surface area contributed by atoms with E-state index in [9.17, 15) is 18.4 Å². The predicted molar refractivity (Wildman–Crippen MR) is 85.2 cm³/mol. The molecular formula is C18H23F2NO3. The molecule has 2 rings (SSSR count). The second-order valence-electron chi connectivity index (χ2n) is 6.40. The highest BCUT2D eigenvalue weighted by Crippen LogP contribution is 2.28. The van der Waals surface area contributed by atoms with Crippen LogP contribution in [0, 0.1) is 17.6 Å². The van der Waals surface area contributed by atoms with Gasteiger partial charge in [0.05, 0.1) is 6.42 Å². The van der Waals surface area contributed by atoms with E-state index in [4.69, 9.17) is 5.11 Å². The van der Waals surface area contributed by atoms with Gasteiger partial charge in [-0.25, -0.2) is 8.78 Å². The second kappa shape index (κ2) is 8.76. The van der Waals surface area contributed by atoms with Crippen LogP contribution in [0.25, 0.3) is 0 Å². The lowest BCUT2D eigenvalue weighted by Gasteiger charge is -2.23. The third-order valence-electron chi connectivity index (χ3n) is 4.55. The van der Waals surface area contributed by atoms with E-state index >= 15 is 0 Å². The number of carbonyl (C=O) groups is 2. The summed E-state index contributed by atoms with van der Waals surface area (Å²) in [6.07, 6.45) is 5.71. The monoisotopic (exact) mass is 339 g/mol. The maximum atomic E-state index is 13.3. The molecule has 0 radical (unpaired) electrons. The highest BCUT2D eigenvalue weighted by molar-refractivity contribution is 5.77. The maximum Gasteiger partial charge on any atom is 0.305 e. The van der Waals surface area contributed by atoms with Crippen molar-refractivity contribution >= 4 is 11.9 Å². The Morgan fingerprint density at radius 2 is 1.83 bits per heavy atom. The Hall–Kier alpha value is -1.98. The van der Waals surface area contributed by atoms with Crippen LogP contribution in [0.4, 0.5) is 8.78 Å². The van der Waals surface area contributed by atoms with Crippen LogP contribution >= 0.6 is 0 Å². The molecule has 1 fully saturated rings. The van der Waals surface area contributed by atoms with Gasteiger partial charge in [0, 0.05) is 19.5 Å². The van der Waals surface area contributed by atoms with Crippen molar-refractivity contribution in [3.63, 3.8) is 0 Å². The molecule has 1 aromatic rings. The molecule has 0 saturated heterocycles. The Morgan fingerprint density at radius 3 is 2.46 bits per heavy atom. The van der Waals surface area contributed by atoms with Gasteiger partial charge < -0.3 is 10.0 Å². The first-order chi connectivity index (χ1) is 11.5. The quantitative estimate of drug-likeness (QED) is 0.785. The number of carbonyl (C=O) groups excluding carboxylic acids is 1. The van der Waals surface area contributed by atoms with Crippen LogP contribution in [0.5, 0.6) is 0 Å². The largest absolute Gasteiger partial charge is 0.481 e. The molecule has 1 saturated carbocycles. The number of carboxylic acid groups (broad SMARTS) is 1. The van der Waals surface area contributed by atoms with Crippen LogP contribution in [0.15, 0.2) is 18.2 Å². The molecule has 1 aliphatic carbocycles. The Bertz CT molecular complexity index is 586. The zero-order valence-electron chi connectivity index (χ0n) is 13.6. The Labute approximate surface area is 140 Å². The highest BCUT2D eigenvalue weighted by Gasteiger charge is 2.20. The van der Waals surface area contributed by atoms with E-state index in [1.807, 2.05) is 0 Å². The van der Waals surface area contributed by atoms with Crippen LogP contribution in [0.2, 0.25) is 0 Å². The van der Waals surface area contributed by atoms with Crippen LogP contribution in [0.1, 0.15) is 50.5 Å². The molecule has 0 aromatic heterocycles. The molecular weight excluding hydrogens is 316 g/mol. The molecule has 1 aliphatic rings. The average molecular weight is 339 g/mol. The Kier molecular flexibility index (Phi) is 6.70. The van der Waals surface area contributed by atoms with Crippen molar-refractivity contribution in [1.82, 2.24) is 4.90 Å². The molecule has 0 atom stereocenters. The normalized spacial score (nSPS) is 14.8. The molecule has 24 heavy (non-hydrogen) atoms. The summed E-state index contributed by atoms with van der Waals surface area (Å²) >= 11 is 0. The van der Waals surface area contributed by atoms with Crippen molar-refractivity contribution in [2.24, 2.45) is 5.92 Å². The minimum absolute atomic E-state index is 0.0673. The van der Waals surface area contributed by atoms with Gasteiger partial charge in [0.15, 0.2) is 11.6 Å². The number of nitrogens with zero attached hydrogens (tertiary/aromatic N) is 1. The molecule has 4 nitrogen and oxygen atoms in total. The lowest BCUT2D eigenvalue weighted by molar-refractivity contribution is -0.138. The first kappa shape index (κ1) is 18.4. The van der Waals surface area contributed by atoms with Gasteiger partial charge in [-0.15, -0.1) is 0 Å². The molecule has 0 bridgehead atoms. The van der Waals surface area contributed by atoms with Crippen molar-refractivity contribution in [1.29, 1.82) is 0 Å². The molecule has 0 spiro atoms. The minimum atomic E-state index is -0.992. The first-order valence-electron chi connectivity index (χ1n) is 8.39. The van der Waals surface area contributed by atoms with Gasteiger partial charge >= 0.3 is 5.97 Å². The molecule has 0 heterocycles. The first-order valence-corrected chi connectivity index (χ1v) is 8.39. The number of aliphatic carboxylic acids is 1. The zero-order chi connectivity index (χ0) is 17.5. The van der Waals surface area contributed by atoms with Crippen LogP contribution in [-0.2, 0) is 16.1 Å². The van der Waals surface area contributed by atoms with Crippen molar-refractivity contribution in [2.75, 3.05) is 6.54 Å². The maximum absolute atomic E-state index is 13.3. The molecule has 132 valence electrons. The summed E-state index contributed by atoms with van der Waals surface area (Å²) in [5.74, 6) is -2.47. The lowest BCUT2D eigenvalue weighted by atomic mass is 10.0. The number of hydrogen-bond acceptors (Lipinski definition) is 2. The summed E-state index contributed by atoms with van der Waals surface area (Å²) in [6.45, 7) is 0.159. The van der Waals surface area contributed by atoms with Crippen LogP contribution in [0.3, 0.4) is 0 Å². The van der Waals surface area contributed by atoms with E-state index in [1.165, 1.54) is 23.8 Å². The fourth-order valence-electron chi connectivity index (χ4n) is 3.17. The molecule has 6 heteroatoms. The summed E-state index contributed by atoms with van der Waals surface area (Å²) in [5, 5.41) is 8.85. The van der Waals surface area contributed by atoms with Crippen molar-refractivity contribution in [3.8, 4) is 0 Å². The minimum Gasteiger partial charge on any atom is -0.481 e. The predicted octanol–water partition coefficient (Wildman–Crippen LogP) is 3.74. The van der Waals surface area contributed by atoms with E-state index in [2.05, 4.69) is 0 Å². The molecule has 0 unspecified atom stereocenters. The third-order valence-corrected chi connectivity index (χ3v) is 4.55. The second-order valence-corrected chi connectivity index (χ2v) is 6.40. The van der Waals surface area contributed by atoms with Gasteiger partial charge in [-0.05, 0) is 30.0 Å². The number of halogens is 2. The smallest absolute Gasteiger partial charge is 0.305 e. The number of benzene rings is 1. The average Bonchev–Trinajstić information content (AvgIpc) is 3.05. The van der Waals surface area contributed by atoms with E-state index in [-0.39, 0.29) is 25.4 Å². The van der Waals surface area contributed by atoms with Crippen LogP contribution < -0.4 is 0 Å². The molecule has 1 amide bonds. The fraction of sp³-hybridized carbons (Fsp3) is 0.556. The molecule has 0 aliphatic heterocycles. The van der Waals surface area contributed by atoms with Crippen LogP contribution in [-0.4, -0.2) is 28.4 Å². The van der Waals surface area contributed by atoms with Gasteiger partial charge in [-0.1, -0.05) is 31.7 Å². The van der Waals surface area contributed by atoms with Gasteiger partial charge in [0.25, 0.3) is 0 Å². The van der Waals surface area contributed by atoms with E-state index in [0.29, 0.717) is 17.9 Å². The number of hydrogen-bond donors (Lipinski definition) is 1. The van der Waals surface area contributed by atoms with Gasteiger partial charge in [-0.3, -0.25) is 9.59 Å². The topological polar surface area (TPSA) is 57.6 Å². The van der Waals surface area contributed by atoms with Gasteiger partial charge in [-0.2, -0.15) is 0 Å². The van der Waals surface area contributed by atoms with E-state index in [1.54, 1.807) is 0 Å². The molecule has 1 aromatic carbocycles.